The van der Waals surface area contributed by atoms with Gasteiger partial charge in [0.1, 0.15) is 0 Å². The molecule has 0 unspecified atom stereocenters. The van der Waals surface area contributed by atoms with Crippen molar-refractivity contribution in [1.29, 1.82) is 0 Å². The van der Waals surface area contributed by atoms with Gasteiger partial charge in [-0.05, 0) is 71.3 Å². The Morgan fingerprint density at radius 2 is 1.33 bits per heavy atom. The van der Waals surface area contributed by atoms with Crippen LogP contribution in [-0.2, 0) is 25.7 Å². The second-order valence-electron chi connectivity index (χ2n) is 11.3. The highest BCUT2D eigenvalue weighted by Gasteiger charge is 2.30. The number of hydrogen-bond acceptors (Lipinski definition) is 2. The minimum Gasteiger partial charge on any atom is -0.320 e. The van der Waals surface area contributed by atoms with E-state index in [-0.39, 0.29) is 6.03 Å². The van der Waals surface area contributed by atoms with E-state index in [0.717, 1.165) is 40.9 Å². The first kappa shape index (κ1) is 30.4. The average Bonchev–Trinajstić information content (AvgIpc) is 3.03. The molecule has 0 aliphatic heterocycles. The molecule has 0 aromatic heterocycles. The molecular formula is C36H38F3N3O. The number of benzene rings is 4. The van der Waals surface area contributed by atoms with E-state index in [1.807, 2.05) is 42.5 Å². The molecule has 2 amide bonds. The maximum absolute atomic E-state index is 13.3. The predicted octanol–water partition coefficient (Wildman–Crippen LogP) is 9.07. The summed E-state index contributed by atoms with van der Waals surface area (Å²) in [6, 6.07) is 31.5. The first-order chi connectivity index (χ1) is 20.8. The zero-order valence-electron chi connectivity index (χ0n) is 24.2. The number of amides is 2. The molecular weight excluding hydrogens is 547 g/mol. The van der Waals surface area contributed by atoms with E-state index in [1.54, 1.807) is 4.90 Å². The van der Waals surface area contributed by atoms with Gasteiger partial charge >= 0.3 is 12.2 Å². The monoisotopic (exact) mass is 585 g/mol. The maximum Gasteiger partial charge on any atom is 0.416 e. The van der Waals surface area contributed by atoms with Crippen LogP contribution in [0.15, 0.2) is 103 Å². The lowest BCUT2D eigenvalue weighted by Crippen LogP contribution is -2.36. The lowest BCUT2D eigenvalue weighted by molar-refractivity contribution is -0.137. The summed E-state index contributed by atoms with van der Waals surface area (Å²) in [4.78, 5) is 15.0. The number of rotatable bonds is 10. The summed E-state index contributed by atoms with van der Waals surface area (Å²) < 4.78 is 38.9. The van der Waals surface area contributed by atoms with Crippen LogP contribution in [0.3, 0.4) is 0 Å². The molecule has 0 bridgehead atoms. The third-order valence-corrected chi connectivity index (χ3v) is 8.08. The molecule has 224 valence electrons. The van der Waals surface area contributed by atoms with Gasteiger partial charge in [-0.3, -0.25) is 0 Å². The fourth-order valence-corrected chi connectivity index (χ4v) is 5.51. The molecule has 1 aliphatic carbocycles. The molecule has 0 radical (unpaired) electrons. The van der Waals surface area contributed by atoms with Gasteiger partial charge in [-0.1, -0.05) is 98.1 Å². The molecule has 1 fully saturated rings. The summed E-state index contributed by atoms with van der Waals surface area (Å²) in [6.45, 7) is 1.71. The van der Waals surface area contributed by atoms with Gasteiger partial charge in [-0.2, -0.15) is 13.2 Å². The number of urea groups is 1. The Morgan fingerprint density at radius 1 is 0.721 bits per heavy atom. The summed E-state index contributed by atoms with van der Waals surface area (Å²) >= 11 is 0. The molecule has 1 aliphatic rings. The normalized spacial score (nSPS) is 13.9. The van der Waals surface area contributed by atoms with Crippen molar-refractivity contribution in [3.05, 3.63) is 125 Å². The molecule has 4 aromatic carbocycles. The molecule has 5 rings (SSSR count). The maximum atomic E-state index is 13.3. The second-order valence-corrected chi connectivity index (χ2v) is 11.3. The largest absolute Gasteiger partial charge is 0.416 e. The fraction of sp³-hybridized carbons (Fsp3) is 0.306. The highest BCUT2D eigenvalue weighted by Crippen LogP contribution is 2.30. The number of hydrogen-bond donors (Lipinski definition) is 2. The fourth-order valence-electron chi connectivity index (χ4n) is 5.51. The lowest BCUT2D eigenvalue weighted by atomic mass is 9.95. The smallest absolute Gasteiger partial charge is 0.320 e. The number of anilines is 1. The van der Waals surface area contributed by atoms with Crippen LogP contribution in [0.5, 0.6) is 0 Å². The molecule has 43 heavy (non-hydrogen) atoms. The summed E-state index contributed by atoms with van der Waals surface area (Å²) in [6.07, 6.45) is 2.76. The molecule has 0 heterocycles. The molecule has 0 saturated heterocycles. The molecule has 4 nitrogen and oxygen atoms in total. The Bertz CT molecular complexity index is 1430. The van der Waals surface area contributed by atoms with Gasteiger partial charge in [0.15, 0.2) is 0 Å². The van der Waals surface area contributed by atoms with Gasteiger partial charge in [0.2, 0.25) is 0 Å². The van der Waals surface area contributed by atoms with Gasteiger partial charge in [0.25, 0.3) is 0 Å². The van der Waals surface area contributed by atoms with Crippen molar-refractivity contribution < 1.29 is 18.0 Å². The Balaban J connectivity index is 1.22. The van der Waals surface area contributed by atoms with Gasteiger partial charge in [0, 0.05) is 31.4 Å². The first-order valence-corrected chi connectivity index (χ1v) is 15.0. The zero-order valence-corrected chi connectivity index (χ0v) is 24.2. The number of halogens is 3. The quantitative estimate of drug-likeness (QED) is 0.195. The van der Waals surface area contributed by atoms with E-state index in [1.165, 1.54) is 49.8 Å². The van der Waals surface area contributed by atoms with Gasteiger partial charge in [0.05, 0.1) is 5.56 Å². The third kappa shape index (κ3) is 8.94. The van der Waals surface area contributed by atoms with Crippen LogP contribution in [0.25, 0.3) is 11.1 Å². The van der Waals surface area contributed by atoms with Crippen LogP contribution in [0, 0.1) is 0 Å². The summed E-state index contributed by atoms with van der Waals surface area (Å²) in [7, 11) is 0. The summed E-state index contributed by atoms with van der Waals surface area (Å²) in [5, 5.41) is 6.46. The second kappa shape index (κ2) is 14.4. The van der Waals surface area contributed by atoms with E-state index < -0.39 is 11.7 Å². The zero-order chi connectivity index (χ0) is 30.1. The minimum atomic E-state index is -4.43. The standard InChI is InChI=1S/C36H38F3N3O/c37-36(38,39)32-19-21-34(22-20-32)41-35(43)42(24-23-27-7-3-1-4-8-27)26-29-13-17-31(18-14-29)30-15-11-28(12-16-30)25-40-33-9-5-2-6-10-33/h1,3-4,7-8,11-22,33,40H,2,5-6,9-10,23-26H2,(H,41,43). The van der Waals surface area contributed by atoms with Crippen molar-refractivity contribution in [2.45, 2.75) is 63.8 Å². The first-order valence-electron chi connectivity index (χ1n) is 15.0. The van der Waals surface area contributed by atoms with Crippen LogP contribution in [0.4, 0.5) is 23.7 Å². The van der Waals surface area contributed by atoms with Crippen molar-refractivity contribution in [1.82, 2.24) is 10.2 Å². The van der Waals surface area contributed by atoms with E-state index in [9.17, 15) is 18.0 Å². The van der Waals surface area contributed by atoms with Crippen LogP contribution >= 0.6 is 0 Å². The molecule has 0 spiro atoms. The Hall–Kier alpha value is -4.10. The van der Waals surface area contributed by atoms with Gasteiger partial charge < -0.3 is 15.5 Å². The SMILES string of the molecule is O=C(Nc1ccc(C(F)(F)F)cc1)N(CCc1ccccc1)Cc1ccc(-c2ccc(CNC3CCCCC3)cc2)cc1. The molecule has 2 N–H and O–H groups in total. The van der Waals surface area contributed by atoms with E-state index in [2.05, 4.69) is 47.0 Å². The summed E-state index contributed by atoms with van der Waals surface area (Å²) in [5.41, 5.74) is 5.14. The topological polar surface area (TPSA) is 44.4 Å². The predicted molar refractivity (Wildman–Crippen MR) is 167 cm³/mol. The van der Waals surface area contributed by atoms with E-state index in [0.29, 0.717) is 31.2 Å². The lowest BCUT2D eigenvalue weighted by Gasteiger charge is -2.24. The Labute approximate surface area is 251 Å². The molecule has 1 saturated carbocycles. The van der Waals surface area contributed by atoms with Crippen molar-refractivity contribution in [2.24, 2.45) is 0 Å². The number of carbonyl (C=O) groups excluding carboxylic acids is 1. The van der Waals surface area contributed by atoms with Crippen molar-refractivity contribution in [3.8, 4) is 11.1 Å². The van der Waals surface area contributed by atoms with Gasteiger partial charge in [-0.25, -0.2) is 4.79 Å². The Kier molecular flexibility index (Phi) is 10.2. The number of nitrogens with one attached hydrogen (secondary N) is 2. The molecule has 0 atom stereocenters. The number of carbonyl (C=O) groups is 1. The van der Waals surface area contributed by atoms with Crippen molar-refractivity contribution in [3.63, 3.8) is 0 Å². The average molecular weight is 586 g/mol. The summed E-state index contributed by atoms with van der Waals surface area (Å²) in [5.74, 6) is 0. The Morgan fingerprint density at radius 3 is 1.93 bits per heavy atom. The van der Waals surface area contributed by atoms with Crippen LogP contribution in [0.1, 0.15) is 54.4 Å². The van der Waals surface area contributed by atoms with Crippen LogP contribution in [-0.4, -0.2) is 23.5 Å². The molecule has 7 heteroatoms. The van der Waals surface area contributed by atoms with E-state index in [4.69, 9.17) is 0 Å². The third-order valence-electron chi connectivity index (χ3n) is 8.08. The van der Waals surface area contributed by atoms with Crippen LogP contribution < -0.4 is 10.6 Å². The minimum absolute atomic E-state index is 0.315. The molecule has 4 aromatic rings. The number of nitrogens with zero attached hydrogens (tertiary/aromatic N) is 1. The van der Waals surface area contributed by atoms with E-state index >= 15 is 0 Å². The number of alkyl halides is 3. The highest BCUT2D eigenvalue weighted by molar-refractivity contribution is 5.89. The van der Waals surface area contributed by atoms with Crippen molar-refractivity contribution in [2.75, 3.05) is 11.9 Å². The van der Waals surface area contributed by atoms with Crippen LogP contribution in [0.2, 0.25) is 0 Å². The van der Waals surface area contributed by atoms with Crippen molar-refractivity contribution >= 4 is 11.7 Å². The highest BCUT2D eigenvalue weighted by atomic mass is 19.4. The van der Waals surface area contributed by atoms with Gasteiger partial charge in [-0.15, -0.1) is 0 Å².